The van der Waals surface area contributed by atoms with Crippen LogP contribution in [0, 0.1) is 0 Å². The second kappa shape index (κ2) is 3.83. The molecule has 0 aliphatic carbocycles. The van der Waals surface area contributed by atoms with Crippen molar-refractivity contribution in [3.8, 4) is 0 Å². The van der Waals surface area contributed by atoms with Crippen molar-refractivity contribution >= 4 is 0 Å². The summed E-state index contributed by atoms with van der Waals surface area (Å²) in [6.45, 7) is 6.36. The smallest absolute Gasteiger partial charge is 0.133 e. The number of aliphatic hydroxyl groups is 1. The van der Waals surface area contributed by atoms with Crippen LogP contribution in [0.3, 0.4) is 0 Å². The van der Waals surface area contributed by atoms with Crippen LogP contribution in [0.5, 0.6) is 0 Å². The first kappa shape index (κ1) is 10.1. The molecule has 0 saturated heterocycles. The summed E-state index contributed by atoms with van der Waals surface area (Å²) in [6, 6.07) is 1.84. The maximum absolute atomic E-state index is 8.75. The second-order valence-electron chi connectivity index (χ2n) is 4.10. The van der Waals surface area contributed by atoms with Gasteiger partial charge < -0.3 is 5.11 Å². The van der Waals surface area contributed by atoms with Gasteiger partial charge in [0, 0.05) is 30.3 Å². The van der Waals surface area contributed by atoms with Crippen LogP contribution in [-0.4, -0.2) is 21.7 Å². The van der Waals surface area contributed by atoms with E-state index in [-0.39, 0.29) is 12.0 Å². The summed E-state index contributed by atoms with van der Waals surface area (Å²) in [5, 5.41) is 8.75. The monoisotopic (exact) mass is 180 g/mol. The molecule has 1 aromatic heterocycles. The van der Waals surface area contributed by atoms with Gasteiger partial charge in [0.1, 0.15) is 5.82 Å². The summed E-state index contributed by atoms with van der Waals surface area (Å²) in [5.74, 6) is 0.832. The highest BCUT2D eigenvalue weighted by Crippen LogP contribution is 2.17. The molecule has 13 heavy (non-hydrogen) atoms. The van der Waals surface area contributed by atoms with E-state index in [0.29, 0.717) is 6.42 Å². The minimum absolute atomic E-state index is 0.0224. The van der Waals surface area contributed by atoms with Crippen molar-refractivity contribution in [1.29, 1.82) is 0 Å². The van der Waals surface area contributed by atoms with Crippen molar-refractivity contribution < 1.29 is 5.11 Å². The normalized spacial score (nSPS) is 11.7. The minimum Gasteiger partial charge on any atom is -0.396 e. The Bertz CT molecular complexity index is 278. The molecule has 0 saturated carbocycles. The van der Waals surface area contributed by atoms with Gasteiger partial charge in [0.2, 0.25) is 0 Å². The molecule has 1 heterocycles. The van der Waals surface area contributed by atoms with Gasteiger partial charge in [-0.2, -0.15) is 0 Å². The molecule has 0 fully saturated rings. The quantitative estimate of drug-likeness (QED) is 0.746. The molecule has 1 N–H and O–H groups in total. The third-order valence-electron chi connectivity index (χ3n) is 1.75. The average Bonchev–Trinajstić information content (AvgIpc) is 2.04. The molecule has 72 valence electrons. The Hall–Kier alpha value is -0.960. The average molecular weight is 180 g/mol. The number of aromatic nitrogens is 2. The predicted octanol–water partition coefficient (Wildman–Crippen LogP) is 1.31. The van der Waals surface area contributed by atoms with Gasteiger partial charge in [-0.1, -0.05) is 20.8 Å². The van der Waals surface area contributed by atoms with E-state index in [9.17, 15) is 0 Å². The highest BCUT2D eigenvalue weighted by Gasteiger charge is 2.16. The van der Waals surface area contributed by atoms with Crippen LogP contribution < -0.4 is 0 Å². The fraction of sp³-hybridized carbons (Fsp3) is 0.600. The first-order valence-corrected chi connectivity index (χ1v) is 4.47. The first-order valence-electron chi connectivity index (χ1n) is 4.47. The van der Waals surface area contributed by atoms with Crippen LogP contribution in [0.25, 0.3) is 0 Å². The fourth-order valence-corrected chi connectivity index (χ4v) is 1.01. The highest BCUT2D eigenvalue weighted by molar-refractivity contribution is 5.08. The molecule has 0 atom stereocenters. The van der Waals surface area contributed by atoms with Gasteiger partial charge in [-0.05, 0) is 6.07 Å². The Morgan fingerprint density at radius 1 is 1.38 bits per heavy atom. The number of rotatable bonds is 2. The topological polar surface area (TPSA) is 46.0 Å². The van der Waals surface area contributed by atoms with Gasteiger partial charge in [-0.3, -0.25) is 0 Å². The molecule has 0 aliphatic rings. The minimum atomic E-state index is -0.0224. The Morgan fingerprint density at radius 2 is 2.08 bits per heavy atom. The van der Waals surface area contributed by atoms with Crippen molar-refractivity contribution in [3.63, 3.8) is 0 Å². The maximum Gasteiger partial charge on any atom is 0.133 e. The lowest BCUT2D eigenvalue weighted by Crippen LogP contribution is -2.16. The fourth-order valence-electron chi connectivity index (χ4n) is 1.01. The summed E-state index contributed by atoms with van der Waals surface area (Å²) in [7, 11) is 0. The molecule has 0 aliphatic heterocycles. The summed E-state index contributed by atoms with van der Waals surface area (Å²) in [6.07, 6.45) is 2.35. The number of hydrogen-bond donors (Lipinski definition) is 1. The van der Waals surface area contributed by atoms with Crippen LogP contribution in [-0.2, 0) is 11.8 Å². The number of hydrogen-bond acceptors (Lipinski definition) is 3. The van der Waals surface area contributed by atoms with Gasteiger partial charge in [0.05, 0.1) is 0 Å². The largest absolute Gasteiger partial charge is 0.396 e. The molecular weight excluding hydrogens is 164 g/mol. The van der Waals surface area contributed by atoms with Gasteiger partial charge in [0.25, 0.3) is 0 Å². The van der Waals surface area contributed by atoms with E-state index in [1.54, 1.807) is 6.20 Å². The lowest BCUT2D eigenvalue weighted by molar-refractivity contribution is 0.297. The molecular formula is C10H16N2O. The highest BCUT2D eigenvalue weighted by atomic mass is 16.3. The summed E-state index contributed by atoms with van der Waals surface area (Å²) in [5.41, 5.74) is 0.883. The summed E-state index contributed by atoms with van der Waals surface area (Å²) >= 11 is 0. The molecule has 3 heteroatoms. The van der Waals surface area contributed by atoms with E-state index in [2.05, 4.69) is 30.7 Å². The van der Waals surface area contributed by atoms with Gasteiger partial charge in [-0.25, -0.2) is 9.97 Å². The van der Waals surface area contributed by atoms with Crippen LogP contribution in [0.4, 0.5) is 0 Å². The van der Waals surface area contributed by atoms with Gasteiger partial charge in [0.15, 0.2) is 0 Å². The van der Waals surface area contributed by atoms with Crippen LogP contribution in [0.15, 0.2) is 12.3 Å². The zero-order valence-corrected chi connectivity index (χ0v) is 8.41. The van der Waals surface area contributed by atoms with Gasteiger partial charge >= 0.3 is 0 Å². The number of aliphatic hydroxyl groups excluding tert-OH is 1. The molecule has 0 spiro atoms. The van der Waals surface area contributed by atoms with E-state index >= 15 is 0 Å². The van der Waals surface area contributed by atoms with E-state index < -0.39 is 0 Å². The Labute approximate surface area is 78.9 Å². The zero-order valence-electron chi connectivity index (χ0n) is 8.41. The summed E-state index contributed by atoms with van der Waals surface area (Å²) < 4.78 is 0. The molecule has 0 amide bonds. The molecule has 0 unspecified atom stereocenters. The lowest BCUT2D eigenvalue weighted by Gasteiger charge is -2.16. The second-order valence-corrected chi connectivity index (χ2v) is 4.10. The third-order valence-corrected chi connectivity index (χ3v) is 1.75. The molecule has 0 bridgehead atoms. The van der Waals surface area contributed by atoms with Crippen molar-refractivity contribution in [2.45, 2.75) is 32.6 Å². The first-order chi connectivity index (χ1) is 6.04. The molecule has 3 nitrogen and oxygen atoms in total. The van der Waals surface area contributed by atoms with Crippen molar-refractivity contribution in [1.82, 2.24) is 9.97 Å². The van der Waals surface area contributed by atoms with Crippen LogP contribution in [0.2, 0.25) is 0 Å². The van der Waals surface area contributed by atoms with Crippen molar-refractivity contribution in [3.05, 3.63) is 23.8 Å². The van der Waals surface area contributed by atoms with Crippen molar-refractivity contribution in [2.24, 2.45) is 0 Å². The van der Waals surface area contributed by atoms with E-state index in [4.69, 9.17) is 5.11 Å². The molecule has 0 radical (unpaired) electrons. The lowest BCUT2D eigenvalue weighted by atomic mass is 9.95. The molecule has 0 aromatic carbocycles. The van der Waals surface area contributed by atoms with E-state index in [0.717, 1.165) is 11.5 Å². The third kappa shape index (κ3) is 2.77. The Kier molecular flexibility index (Phi) is 2.98. The molecule has 1 aromatic rings. The molecule has 1 rings (SSSR count). The van der Waals surface area contributed by atoms with Gasteiger partial charge in [-0.15, -0.1) is 0 Å². The van der Waals surface area contributed by atoms with E-state index in [1.807, 2.05) is 6.07 Å². The zero-order chi connectivity index (χ0) is 9.90. The predicted molar refractivity (Wildman–Crippen MR) is 51.5 cm³/mol. The SMILES string of the molecule is CC(C)(C)c1nccc(CCO)n1. The number of nitrogens with zero attached hydrogens (tertiary/aromatic N) is 2. The van der Waals surface area contributed by atoms with Crippen LogP contribution in [0.1, 0.15) is 32.3 Å². The summed E-state index contributed by atoms with van der Waals surface area (Å²) in [4.78, 5) is 8.56. The Balaban J connectivity index is 2.92. The standard InChI is InChI=1S/C10H16N2O/c1-10(2,3)9-11-6-4-8(12-9)5-7-13/h4,6,13H,5,7H2,1-3H3. The van der Waals surface area contributed by atoms with E-state index in [1.165, 1.54) is 0 Å². The maximum atomic E-state index is 8.75. The van der Waals surface area contributed by atoms with Crippen LogP contribution >= 0.6 is 0 Å². The van der Waals surface area contributed by atoms with Crippen molar-refractivity contribution in [2.75, 3.05) is 6.61 Å². The Morgan fingerprint density at radius 3 is 2.62 bits per heavy atom.